The number of pyridine rings is 1. The third kappa shape index (κ3) is 5.28. The molecular formula is C21H31N3O3. The van der Waals surface area contributed by atoms with Gasteiger partial charge in [0.2, 0.25) is 0 Å². The van der Waals surface area contributed by atoms with Gasteiger partial charge in [0.05, 0.1) is 12.2 Å². The minimum Gasteiger partial charge on any atom is -0.380 e. The predicted molar refractivity (Wildman–Crippen MR) is 105 cm³/mol. The van der Waals surface area contributed by atoms with Crippen molar-refractivity contribution in [2.75, 3.05) is 44.3 Å². The first-order valence-electron chi connectivity index (χ1n) is 10.2. The van der Waals surface area contributed by atoms with E-state index in [0.717, 1.165) is 51.3 Å². The maximum atomic E-state index is 12.9. The lowest BCUT2D eigenvalue weighted by atomic mass is 9.89. The molecule has 2 saturated heterocycles. The predicted octanol–water partition coefficient (Wildman–Crippen LogP) is 2.78. The largest absolute Gasteiger partial charge is 0.380 e. The van der Waals surface area contributed by atoms with Crippen LogP contribution < -0.4 is 4.90 Å². The number of Topliss-reactive ketones (excluding diaryl/α,β-unsaturated/α-hetero) is 1. The Morgan fingerprint density at radius 2 is 2.04 bits per heavy atom. The van der Waals surface area contributed by atoms with E-state index in [9.17, 15) is 9.59 Å². The zero-order chi connectivity index (χ0) is 19.2. The summed E-state index contributed by atoms with van der Waals surface area (Å²) in [6.07, 6.45) is 5.04. The third-order valence-corrected chi connectivity index (χ3v) is 5.31. The number of anilines is 1. The standard InChI is InChI=1S/C21H31N3O3/c1-16(2)13-19(25)18-5-3-8-24(15-18)21(26)17-6-7-20(22-14-17)23-9-4-11-27-12-10-23/h6-7,14,16,18H,3-5,8-13,15H2,1-2H3/t18-/m1/s1. The van der Waals surface area contributed by atoms with Crippen molar-refractivity contribution in [3.8, 4) is 0 Å². The minimum atomic E-state index is -0.0190. The Morgan fingerprint density at radius 3 is 2.78 bits per heavy atom. The van der Waals surface area contributed by atoms with Gasteiger partial charge < -0.3 is 14.5 Å². The Labute approximate surface area is 161 Å². The van der Waals surface area contributed by atoms with Crippen molar-refractivity contribution in [2.24, 2.45) is 11.8 Å². The summed E-state index contributed by atoms with van der Waals surface area (Å²) in [4.78, 5) is 33.8. The second-order valence-corrected chi connectivity index (χ2v) is 8.01. The maximum Gasteiger partial charge on any atom is 0.255 e. The van der Waals surface area contributed by atoms with Crippen molar-refractivity contribution in [3.63, 3.8) is 0 Å². The van der Waals surface area contributed by atoms with Crippen LogP contribution in [-0.4, -0.2) is 61.0 Å². The van der Waals surface area contributed by atoms with Crippen LogP contribution in [0.4, 0.5) is 5.82 Å². The van der Waals surface area contributed by atoms with E-state index in [2.05, 4.69) is 23.7 Å². The number of ketones is 1. The quantitative estimate of drug-likeness (QED) is 0.794. The molecular weight excluding hydrogens is 342 g/mol. The van der Waals surface area contributed by atoms with Crippen molar-refractivity contribution in [1.82, 2.24) is 9.88 Å². The molecule has 2 fully saturated rings. The molecule has 3 rings (SSSR count). The fraction of sp³-hybridized carbons (Fsp3) is 0.667. The zero-order valence-electron chi connectivity index (χ0n) is 16.5. The number of piperidine rings is 1. The van der Waals surface area contributed by atoms with Crippen molar-refractivity contribution >= 4 is 17.5 Å². The summed E-state index contributed by atoms with van der Waals surface area (Å²) in [6, 6.07) is 3.78. The van der Waals surface area contributed by atoms with Crippen LogP contribution in [0.25, 0.3) is 0 Å². The van der Waals surface area contributed by atoms with Crippen molar-refractivity contribution in [1.29, 1.82) is 0 Å². The normalized spacial score (nSPS) is 21.2. The number of hydrogen-bond donors (Lipinski definition) is 0. The highest BCUT2D eigenvalue weighted by Gasteiger charge is 2.29. The fourth-order valence-corrected chi connectivity index (χ4v) is 3.85. The highest BCUT2D eigenvalue weighted by molar-refractivity contribution is 5.94. The van der Waals surface area contributed by atoms with Gasteiger partial charge in [-0.15, -0.1) is 0 Å². The molecule has 1 aromatic heterocycles. The molecule has 0 radical (unpaired) electrons. The Balaban J connectivity index is 1.62. The number of likely N-dealkylation sites (tertiary alicyclic amines) is 1. The van der Waals surface area contributed by atoms with Gasteiger partial charge in [-0.3, -0.25) is 9.59 Å². The van der Waals surface area contributed by atoms with Gasteiger partial charge >= 0.3 is 0 Å². The van der Waals surface area contributed by atoms with Crippen LogP contribution in [0.3, 0.4) is 0 Å². The number of amides is 1. The highest BCUT2D eigenvalue weighted by atomic mass is 16.5. The van der Waals surface area contributed by atoms with E-state index in [1.165, 1.54) is 0 Å². The van der Waals surface area contributed by atoms with Gasteiger partial charge in [0.25, 0.3) is 5.91 Å². The smallest absolute Gasteiger partial charge is 0.255 e. The lowest BCUT2D eigenvalue weighted by Gasteiger charge is -2.32. The first kappa shape index (κ1) is 19.8. The number of hydrogen-bond acceptors (Lipinski definition) is 5. The van der Waals surface area contributed by atoms with E-state index < -0.39 is 0 Å². The fourth-order valence-electron chi connectivity index (χ4n) is 3.85. The molecule has 1 aromatic rings. The van der Waals surface area contributed by atoms with Crippen LogP contribution in [0.2, 0.25) is 0 Å². The van der Waals surface area contributed by atoms with Gasteiger partial charge in [0, 0.05) is 51.3 Å². The molecule has 6 nitrogen and oxygen atoms in total. The summed E-state index contributed by atoms with van der Waals surface area (Å²) < 4.78 is 5.48. The Bertz CT molecular complexity index is 637. The molecule has 0 spiro atoms. The molecule has 1 amide bonds. The van der Waals surface area contributed by atoms with Gasteiger partial charge in [-0.05, 0) is 37.3 Å². The van der Waals surface area contributed by atoms with Crippen LogP contribution >= 0.6 is 0 Å². The Morgan fingerprint density at radius 1 is 1.19 bits per heavy atom. The van der Waals surface area contributed by atoms with E-state index in [0.29, 0.717) is 36.8 Å². The highest BCUT2D eigenvalue weighted by Crippen LogP contribution is 2.22. The van der Waals surface area contributed by atoms with Crippen LogP contribution in [0, 0.1) is 11.8 Å². The van der Waals surface area contributed by atoms with Crippen LogP contribution in [0.5, 0.6) is 0 Å². The van der Waals surface area contributed by atoms with E-state index in [1.807, 2.05) is 17.0 Å². The summed E-state index contributed by atoms with van der Waals surface area (Å²) >= 11 is 0. The number of aromatic nitrogens is 1. The molecule has 1 atom stereocenters. The monoisotopic (exact) mass is 373 g/mol. The van der Waals surface area contributed by atoms with Gasteiger partial charge in [-0.2, -0.15) is 0 Å². The summed E-state index contributed by atoms with van der Waals surface area (Å²) in [5.41, 5.74) is 0.599. The van der Waals surface area contributed by atoms with E-state index >= 15 is 0 Å². The molecule has 0 aliphatic carbocycles. The van der Waals surface area contributed by atoms with Crippen LogP contribution in [0.1, 0.15) is 49.9 Å². The lowest BCUT2D eigenvalue weighted by Crippen LogP contribution is -2.42. The maximum absolute atomic E-state index is 12.9. The van der Waals surface area contributed by atoms with Gasteiger partial charge in [-0.25, -0.2) is 4.98 Å². The minimum absolute atomic E-state index is 0.0182. The summed E-state index contributed by atoms with van der Waals surface area (Å²) in [5.74, 6) is 1.51. The van der Waals surface area contributed by atoms with Gasteiger partial charge in [0.15, 0.2) is 0 Å². The summed E-state index contributed by atoms with van der Waals surface area (Å²) in [5, 5.41) is 0. The molecule has 0 N–H and O–H groups in total. The lowest BCUT2D eigenvalue weighted by molar-refractivity contribution is -0.124. The first-order chi connectivity index (χ1) is 13.0. The number of nitrogens with zero attached hydrogens (tertiary/aromatic N) is 3. The third-order valence-electron chi connectivity index (χ3n) is 5.31. The average molecular weight is 373 g/mol. The van der Waals surface area contributed by atoms with Gasteiger partial charge in [-0.1, -0.05) is 13.8 Å². The summed E-state index contributed by atoms with van der Waals surface area (Å²) in [7, 11) is 0. The molecule has 0 saturated carbocycles. The average Bonchev–Trinajstić information content (AvgIpc) is 2.97. The first-order valence-corrected chi connectivity index (χ1v) is 10.2. The van der Waals surface area contributed by atoms with Gasteiger partial charge in [0.1, 0.15) is 11.6 Å². The number of carbonyl (C=O) groups is 2. The van der Waals surface area contributed by atoms with E-state index in [1.54, 1.807) is 6.20 Å². The molecule has 6 heteroatoms. The summed E-state index contributed by atoms with van der Waals surface area (Å²) in [6.45, 7) is 8.63. The SMILES string of the molecule is CC(C)CC(=O)[C@@H]1CCCN(C(=O)c2ccc(N3CCCOCC3)nc2)C1. The molecule has 0 unspecified atom stereocenters. The number of carbonyl (C=O) groups excluding carboxylic acids is 2. The van der Waals surface area contributed by atoms with E-state index in [-0.39, 0.29) is 11.8 Å². The van der Waals surface area contributed by atoms with Crippen molar-refractivity contribution in [3.05, 3.63) is 23.9 Å². The Kier molecular flexibility index (Phi) is 6.83. The molecule has 0 bridgehead atoms. The molecule has 148 valence electrons. The topological polar surface area (TPSA) is 62.7 Å². The molecule has 27 heavy (non-hydrogen) atoms. The zero-order valence-corrected chi connectivity index (χ0v) is 16.5. The molecule has 0 aromatic carbocycles. The van der Waals surface area contributed by atoms with Crippen molar-refractivity contribution in [2.45, 2.75) is 39.5 Å². The van der Waals surface area contributed by atoms with Crippen LogP contribution in [-0.2, 0) is 9.53 Å². The van der Waals surface area contributed by atoms with Crippen LogP contribution in [0.15, 0.2) is 18.3 Å². The Hall–Kier alpha value is -1.95. The van der Waals surface area contributed by atoms with Crippen molar-refractivity contribution < 1.29 is 14.3 Å². The molecule has 2 aliphatic heterocycles. The second kappa shape index (κ2) is 9.31. The second-order valence-electron chi connectivity index (χ2n) is 8.01. The number of ether oxygens (including phenoxy) is 1. The number of rotatable bonds is 5. The molecule has 2 aliphatic rings. The van der Waals surface area contributed by atoms with E-state index in [4.69, 9.17) is 4.74 Å². The molecule has 3 heterocycles.